The van der Waals surface area contributed by atoms with E-state index in [-0.39, 0.29) is 12.6 Å². The summed E-state index contributed by atoms with van der Waals surface area (Å²) in [6.07, 6.45) is -1.09. The first-order valence-electron chi connectivity index (χ1n) is 6.04. The van der Waals surface area contributed by atoms with Gasteiger partial charge in [0.25, 0.3) is 0 Å². The van der Waals surface area contributed by atoms with Crippen LogP contribution in [0.4, 0.5) is 4.79 Å². The highest BCUT2D eigenvalue weighted by molar-refractivity contribution is 6.30. The van der Waals surface area contributed by atoms with Crippen LogP contribution in [-0.4, -0.2) is 60.3 Å². The van der Waals surface area contributed by atoms with Crippen molar-refractivity contribution in [3.05, 3.63) is 29.3 Å². The van der Waals surface area contributed by atoms with Crippen molar-refractivity contribution in [2.24, 2.45) is 0 Å². The predicted octanol–water partition coefficient (Wildman–Crippen LogP) is 1.45. The number of nitrogens with zero attached hydrogens (tertiary/aromatic N) is 2. The number of benzene rings is 1. The third-order valence-electron chi connectivity index (χ3n) is 2.99. The Morgan fingerprint density at radius 2 is 2.00 bits per heavy atom. The number of urea groups is 1. The van der Waals surface area contributed by atoms with Crippen LogP contribution in [0.15, 0.2) is 24.3 Å². The van der Waals surface area contributed by atoms with Gasteiger partial charge in [-0.15, -0.1) is 0 Å². The number of amides is 2. The Labute approximate surface area is 117 Å². The first kappa shape index (κ1) is 14.0. The molecule has 0 aliphatic carbocycles. The van der Waals surface area contributed by atoms with Crippen LogP contribution in [0, 0.1) is 0 Å². The lowest BCUT2D eigenvalue weighted by Gasteiger charge is -2.20. The van der Waals surface area contributed by atoms with Crippen LogP contribution < -0.4 is 4.74 Å². The van der Waals surface area contributed by atoms with Gasteiger partial charge < -0.3 is 19.6 Å². The topological polar surface area (TPSA) is 53.0 Å². The zero-order valence-corrected chi connectivity index (χ0v) is 11.7. The van der Waals surface area contributed by atoms with E-state index in [2.05, 4.69) is 0 Å². The maximum absolute atomic E-state index is 11.8. The molecule has 1 fully saturated rings. The van der Waals surface area contributed by atoms with Crippen LogP contribution in [0.2, 0.25) is 5.02 Å². The SMILES string of the molecule is CN(C)C(=O)N1C[C@@H](O)[C@H](Oc2ccc(Cl)cc2)C1. The minimum atomic E-state index is -0.681. The number of aliphatic hydroxyl groups is 1. The maximum Gasteiger partial charge on any atom is 0.319 e. The van der Waals surface area contributed by atoms with E-state index in [1.807, 2.05) is 0 Å². The Balaban J connectivity index is 1.98. The summed E-state index contributed by atoms with van der Waals surface area (Å²) in [5.41, 5.74) is 0. The highest BCUT2D eigenvalue weighted by Crippen LogP contribution is 2.21. The van der Waals surface area contributed by atoms with Crippen molar-refractivity contribution in [1.29, 1.82) is 0 Å². The van der Waals surface area contributed by atoms with E-state index in [1.165, 1.54) is 4.90 Å². The average molecular weight is 285 g/mol. The molecule has 0 radical (unpaired) electrons. The number of hydrogen-bond donors (Lipinski definition) is 1. The smallest absolute Gasteiger partial charge is 0.319 e. The third kappa shape index (κ3) is 3.30. The summed E-state index contributed by atoms with van der Waals surface area (Å²) < 4.78 is 5.68. The fourth-order valence-electron chi connectivity index (χ4n) is 2.00. The zero-order chi connectivity index (χ0) is 14.0. The fraction of sp³-hybridized carbons (Fsp3) is 0.462. The van der Waals surface area contributed by atoms with Crippen molar-refractivity contribution in [1.82, 2.24) is 9.80 Å². The Morgan fingerprint density at radius 3 is 2.58 bits per heavy atom. The van der Waals surface area contributed by atoms with E-state index < -0.39 is 12.2 Å². The highest BCUT2D eigenvalue weighted by Gasteiger charge is 2.36. The molecular formula is C13H17ClN2O3. The first-order valence-corrected chi connectivity index (χ1v) is 6.41. The summed E-state index contributed by atoms with van der Waals surface area (Å²) in [6, 6.07) is 6.81. The highest BCUT2D eigenvalue weighted by atomic mass is 35.5. The minimum Gasteiger partial charge on any atom is -0.486 e. The van der Waals surface area contributed by atoms with Crippen LogP contribution >= 0.6 is 11.6 Å². The Bertz CT molecular complexity index is 450. The number of halogens is 1. The molecule has 1 aromatic rings. The summed E-state index contributed by atoms with van der Waals surface area (Å²) in [5, 5.41) is 10.6. The number of aliphatic hydroxyl groups excluding tert-OH is 1. The van der Waals surface area contributed by atoms with E-state index in [0.29, 0.717) is 17.3 Å². The summed E-state index contributed by atoms with van der Waals surface area (Å²) in [7, 11) is 3.37. The third-order valence-corrected chi connectivity index (χ3v) is 3.24. The van der Waals surface area contributed by atoms with Crippen molar-refractivity contribution in [3.8, 4) is 5.75 Å². The number of likely N-dealkylation sites (tertiary alicyclic amines) is 1. The molecule has 0 spiro atoms. The van der Waals surface area contributed by atoms with Gasteiger partial charge in [-0.05, 0) is 24.3 Å². The standard InChI is InChI=1S/C13H17ClN2O3/c1-15(2)13(18)16-7-11(17)12(8-16)19-10-5-3-9(14)4-6-10/h3-6,11-12,17H,7-8H2,1-2H3/t11-,12-/m1/s1. The second-order valence-electron chi connectivity index (χ2n) is 4.76. The van der Waals surface area contributed by atoms with E-state index in [1.54, 1.807) is 43.3 Å². The molecule has 1 aliphatic rings. The predicted molar refractivity (Wildman–Crippen MR) is 72.5 cm³/mol. The number of carbonyl (C=O) groups excluding carboxylic acids is 1. The minimum absolute atomic E-state index is 0.124. The number of carbonyl (C=O) groups is 1. The van der Waals surface area contributed by atoms with Crippen LogP contribution in [0.5, 0.6) is 5.75 Å². The lowest BCUT2D eigenvalue weighted by Crippen LogP contribution is -2.38. The number of hydrogen-bond acceptors (Lipinski definition) is 3. The summed E-state index contributed by atoms with van der Waals surface area (Å²) >= 11 is 5.79. The second kappa shape index (κ2) is 5.67. The molecule has 104 valence electrons. The van der Waals surface area contributed by atoms with Gasteiger partial charge in [-0.1, -0.05) is 11.6 Å². The Kier molecular flexibility index (Phi) is 4.17. The lowest BCUT2D eigenvalue weighted by atomic mass is 10.2. The van der Waals surface area contributed by atoms with Crippen LogP contribution in [0.3, 0.4) is 0 Å². The van der Waals surface area contributed by atoms with Gasteiger partial charge >= 0.3 is 6.03 Å². The molecule has 0 bridgehead atoms. The molecule has 2 amide bonds. The molecule has 2 atom stereocenters. The molecule has 1 N–H and O–H groups in total. The monoisotopic (exact) mass is 284 g/mol. The summed E-state index contributed by atoms with van der Waals surface area (Å²) in [4.78, 5) is 14.9. The Hall–Kier alpha value is -1.46. The molecule has 1 heterocycles. The maximum atomic E-state index is 11.8. The summed E-state index contributed by atoms with van der Waals surface area (Å²) in [5.74, 6) is 0.632. The lowest BCUT2D eigenvalue weighted by molar-refractivity contribution is 0.0737. The van der Waals surface area contributed by atoms with E-state index in [4.69, 9.17) is 16.3 Å². The second-order valence-corrected chi connectivity index (χ2v) is 5.20. The van der Waals surface area contributed by atoms with Gasteiger partial charge in [-0.25, -0.2) is 4.79 Å². The van der Waals surface area contributed by atoms with Crippen molar-refractivity contribution in [2.75, 3.05) is 27.2 Å². The van der Waals surface area contributed by atoms with Crippen molar-refractivity contribution >= 4 is 17.6 Å². The van der Waals surface area contributed by atoms with Gasteiger partial charge in [-0.2, -0.15) is 0 Å². The molecule has 19 heavy (non-hydrogen) atoms. The number of rotatable bonds is 2. The molecule has 0 aromatic heterocycles. The van der Waals surface area contributed by atoms with Gasteiger partial charge in [0, 0.05) is 19.1 Å². The first-order chi connectivity index (χ1) is 8.97. The fourth-order valence-corrected chi connectivity index (χ4v) is 2.13. The number of β-amino-alcohol motifs (C(OH)–C–C–N with tert-alkyl or cyclic N) is 1. The van der Waals surface area contributed by atoms with E-state index in [9.17, 15) is 9.90 Å². The van der Waals surface area contributed by atoms with Gasteiger partial charge in [0.2, 0.25) is 0 Å². The van der Waals surface area contributed by atoms with Crippen molar-refractivity contribution in [2.45, 2.75) is 12.2 Å². The molecular weight excluding hydrogens is 268 g/mol. The molecule has 1 aromatic carbocycles. The molecule has 2 rings (SSSR count). The molecule has 0 saturated carbocycles. The molecule has 1 saturated heterocycles. The van der Waals surface area contributed by atoms with Gasteiger partial charge in [0.05, 0.1) is 13.1 Å². The quantitative estimate of drug-likeness (QED) is 0.894. The van der Waals surface area contributed by atoms with Crippen LogP contribution in [0.25, 0.3) is 0 Å². The van der Waals surface area contributed by atoms with E-state index in [0.717, 1.165) is 0 Å². The average Bonchev–Trinajstić information content (AvgIpc) is 2.72. The zero-order valence-electron chi connectivity index (χ0n) is 10.9. The molecule has 5 nitrogen and oxygen atoms in total. The van der Waals surface area contributed by atoms with Crippen molar-refractivity contribution in [3.63, 3.8) is 0 Å². The van der Waals surface area contributed by atoms with Gasteiger partial charge in [0.1, 0.15) is 18.0 Å². The molecule has 0 unspecified atom stereocenters. The number of ether oxygens (including phenoxy) is 1. The molecule has 6 heteroatoms. The van der Waals surface area contributed by atoms with Crippen LogP contribution in [-0.2, 0) is 0 Å². The van der Waals surface area contributed by atoms with Gasteiger partial charge in [0.15, 0.2) is 0 Å². The van der Waals surface area contributed by atoms with Crippen molar-refractivity contribution < 1.29 is 14.6 Å². The van der Waals surface area contributed by atoms with E-state index >= 15 is 0 Å². The largest absolute Gasteiger partial charge is 0.486 e. The molecule has 1 aliphatic heterocycles. The Morgan fingerprint density at radius 1 is 1.37 bits per heavy atom. The van der Waals surface area contributed by atoms with Crippen LogP contribution in [0.1, 0.15) is 0 Å². The normalized spacial score (nSPS) is 22.4. The van der Waals surface area contributed by atoms with Gasteiger partial charge in [-0.3, -0.25) is 0 Å². The summed E-state index contributed by atoms with van der Waals surface area (Å²) in [6.45, 7) is 0.663.